The smallest absolute Gasteiger partial charge is 0.223 e. The zero-order chi connectivity index (χ0) is 13.7. The quantitative estimate of drug-likeness (QED) is 0.838. The lowest BCUT2D eigenvalue weighted by molar-refractivity contribution is -0.125. The molecule has 0 saturated carbocycles. The molecule has 0 aliphatic heterocycles. The highest BCUT2D eigenvalue weighted by atomic mass is 79.9. The van der Waals surface area contributed by atoms with Gasteiger partial charge in [-0.25, -0.2) is 0 Å². The Morgan fingerprint density at radius 3 is 2.74 bits per heavy atom. The maximum atomic E-state index is 12.1. The van der Waals surface area contributed by atoms with E-state index in [0.29, 0.717) is 0 Å². The first-order chi connectivity index (χ1) is 9.15. The number of halogens is 1. The Morgan fingerprint density at radius 1 is 1.37 bits per heavy atom. The fourth-order valence-electron chi connectivity index (χ4n) is 2.42. The van der Waals surface area contributed by atoms with E-state index in [9.17, 15) is 4.79 Å². The highest BCUT2D eigenvalue weighted by Crippen LogP contribution is 2.18. The van der Waals surface area contributed by atoms with Gasteiger partial charge in [-0.3, -0.25) is 4.79 Å². The standard InChI is InChI=1S/C16H20BrNO/c1-12(11-13-7-9-15(17)10-8-13)18-16(19)14-5-3-2-4-6-14/h2-3,7-10,12,14H,4-6,11H2,1H3,(H,18,19)/t12-,14+/m0/s1. The molecule has 102 valence electrons. The highest BCUT2D eigenvalue weighted by Gasteiger charge is 2.19. The Kier molecular flexibility index (Phi) is 5.20. The molecular weight excluding hydrogens is 302 g/mol. The van der Waals surface area contributed by atoms with Gasteiger partial charge < -0.3 is 5.32 Å². The Labute approximate surface area is 123 Å². The summed E-state index contributed by atoms with van der Waals surface area (Å²) in [4.78, 5) is 12.1. The van der Waals surface area contributed by atoms with Crippen LogP contribution in [-0.2, 0) is 11.2 Å². The highest BCUT2D eigenvalue weighted by molar-refractivity contribution is 9.10. The van der Waals surface area contributed by atoms with Gasteiger partial charge in [-0.15, -0.1) is 0 Å². The van der Waals surface area contributed by atoms with Gasteiger partial charge >= 0.3 is 0 Å². The van der Waals surface area contributed by atoms with Crippen LogP contribution in [0.2, 0.25) is 0 Å². The fourth-order valence-corrected chi connectivity index (χ4v) is 2.68. The first-order valence-corrected chi connectivity index (χ1v) is 7.64. The van der Waals surface area contributed by atoms with E-state index < -0.39 is 0 Å². The monoisotopic (exact) mass is 321 g/mol. The summed E-state index contributed by atoms with van der Waals surface area (Å²) in [7, 11) is 0. The lowest BCUT2D eigenvalue weighted by atomic mass is 9.93. The number of allylic oxidation sites excluding steroid dienone is 2. The average Bonchev–Trinajstić information content (AvgIpc) is 2.42. The van der Waals surface area contributed by atoms with E-state index in [-0.39, 0.29) is 17.9 Å². The summed E-state index contributed by atoms with van der Waals surface area (Å²) in [5.41, 5.74) is 1.25. The molecule has 2 nitrogen and oxygen atoms in total. The molecule has 1 N–H and O–H groups in total. The molecule has 0 saturated heterocycles. The van der Waals surface area contributed by atoms with E-state index >= 15 is 0 Å². The molecule has 0 fully saturated rings. The fraction of sp³-hybridized carbons (Fsp3) is 0.438. The Hall–Kier alpha value is -1.09. The number of carbonyl (C=O) groups excluding carboxylic acids is 1. The summed E-state index contributed by atoms with van der Waals surface area (Å²) >= 11 is 3.43. The second-order valence-electron chi connectivity index (χ2n) is 5.22. The average molecular weight is 322 g/mol. The zero-order valence-electron chi connectivity index (χ0n) is 11.2. The van der Waals surface area contributed by atoms with E-state index in [1.165, 1.54) is 5.56 Å². The maximum Gasteiger partial charge on any atom is 0.223 e. The first-order valence-electron chi connectivity index (χ1n) is 6.85. The molecule has 0 aromatic heterocycles. The molecule has 2 rings (SSSR count). The Balaban J connectivity index is 1.83. The zero-order valence-corrected chi connectivity index (χ0v) is 12.8. The molecule has 1 aliphatic carbocycles. The third kappa shape index (κ3) is 4.50. The van der Waals surface area contributed by atoms with E-state index in [1.807, 2.05) is 12.1 Å². The molecule has 0 heterocycles. The van der Waals surface area contributed by atoms with Crippen molar-refractivity contribution in [3.8, 4) is 0 Å². The minimum Gasteiger partial charge on any atom is -0.353 e. The third-order valence-electron chi connectivity index (χ3n) is 3.48. The molecule has 1 aliphatic rings. The number of carbonyl (C=O) groups is 1. The number of rotatable bonds is 4. The van der Waals surface area contributed by atoms with Gasteiger partial charge in [0.2, 0.25) is 5.91 Å². The van der Waals surface area contributed by atoms with Gasteiger partial charge in [0.25, 0.3) is 0 Å². The number of hydrogen-bond donors (Lipinski definition) is 1. The van der Waals surface area contributed by atoms with Crippen LogP contribution in [0.1, 0.15) is 31.7 Å². The molecule has 0 radical (unpaired) electrons. The van der Waals surface area contributed by atoms with Crippen molar-refractivity contribution in [3.05, 3.63) is 46.5 Å². The molecule has 0 unspecified atom stereocenters. The van der Waals surface area contributed by atoms with Crippen molar-refractivity contribution in [3.63, 3.8) is 0 Å². The summed E-state index contributed by atoms with van der Waals surface area (Å²) in [6.45, 7) is 2.07. The van der Waals surface area contributed by atoms with Crippen LogP contribution in [0.3, 0.4) is 0 Å². The van der Waals surface area contributed by atoms with Crippen LogP contribution >= 0.6 is 15.9 Å². The van der Waals surface area contributed by atoms with Crippen molar-refractivity contribution in [2.24, 2.45) is 5.92 Å². The first kappa shape index (κ1) is 14.3. The van der Waals surface area contributed by atoms with Crippen LogP contribution in [0.25, 0.3) is 0 Å². The van der Waals surface area contributed by atoms with Gasteiger partial charge in [-0.05, 0) is 50.3 Å². The maximum absolute atomic E-state index is 12.1. The van der Waals surface area contributed by atoms with Gasteiger partial charge in [0, 0.05) is 16.4 Å². The molecule has 3 heteroatoms. The Bertz CT molecular complexity index is 452. The predicted octanol–water partition coefficient (Wildman–Crippen LogP) is 3.85. The third-order valence-corrected chi connectivity index (χ3v) is 4.01. The van der Waals surface area contributed by atoms with Crippen molar-refractivity contribution in [2.45, 2.75) is 38.6 Å². The topological polar surface area (TPSA) is 29.1 Å². The van der Waals surface area contributed by atoms with Crippen molar-refractivity contribution in [1.29, 1.82) is 0 Å². The van der Waals surface area contributed by atoms with E-state index in [4.69, 9.17) is 0 Å². The second kappa shape index (κ2) is 6.90. The summed E-state index contributed by atoms with van der Waals surface area (Å²) in [6.07, 6.45) is 8.05. The number of benzene rings is 1. The van der Waals surface area contributed by atoms with Gasteiger partial charge in [0.1, 0.15) is 0 Å². The summed E-state index contributed by atoms with van der Waals surface area (Å²) in [5, 5.41) is 3.13. The minimum atomic E-state index is 0.164. The number of amides is 1. The Morgan fingerprint density at radius 2 is 2.11 bits per heavy atom. The van der Waals surface area contributed by atoms with Gasteiger partial charge in [-0.1, -0.05) is 40.2 Å². The van der Waals surface area contributed by atoms with E-state index in [0.717, 1.165) is 30.2 Å². The summed E-state index contributed by atoms with van der Waals surface area (Å²) in [5.74, 6) is 0.367. The number of nitrogens with one attached hydrogen (secondary N) is 1. The van der Waals surface area contributed by atoms with Crippen LogP contribution in [-0.4, -0.2) is 11.9 Å². The van der Waals surface area contributed by atoms with Crippen molar-refractivity contribution in [1.82, 2.24) is 5.32 Å². The molecule has 1 aromatic carbocycles. The molecule has 19 heavy (non-hydrogen) atoms. The SMILES string of the molecule is C[C@@H](Cc1ccc(Br)cc1)NC(=O)[C@@H]1CC=CCC1. The predicted molar refractivity (Wildman–Crippen MR) is 81.9 cm³/mol. The van der Waals surface area contributed by atoms with Crippen LogP contribution in [0.15, 0.2) is 40.9 Å². The van der Waals surface area contributed by atoms with Crippen LogP contribution < -0.4 is 5.32 Å². The minimum absolute atomic E-state index is 0.164. The summed E-state index contributed by atoms with van der Waals surface area (Å²) < 4.78 is 1.09. The molecule has 0 spiro atoms. The van der Waals surface area contributed by atoms with E-state index in [1.54, 1.807) is 0 Å². The lowest BCUT2D eigenvalue weighted by Crippen LogP contribution is -2.38. The van der Waals surface area contributed by atoms with Crippen molar-refractivity contribution >= 4 is 21.8 Å². The normalized spacial score (nSPS) is 20.0. The van der Waals surface area contributed by atoms with Crippen molar-refractivity contribution < 1.29 is 4.79 Å². The molecule has 2 atom stereocenters. The summed E-state index contributed by atoms with van der Waals surface area (Å²) in [6, 6.07) is 8.44. The molecule has 1 aromatic rings. The molecule has 1 amide bonds. The van der Waals surface area contributed by atoms with E-state index in [2.05, 4.69) is 52.5 Å². The molecule has 0 bridgehead atoms. The van der Waals surface area contributed by atoms with Gasteiger partial charge in [0.05, 0.1) is 0 Å². The lowest BCUT2D eigenvalue weighted by Gasteiger charge is -2.21. The largest absolute Gasteiger partial charge is 0.353 e. The van der Waals surface area contributed by atoms with Crippen molar-refractivity contribution in [2.75, 3.05) is 0 Å². The van der Waals surface area contributed by atoms with Crippen LogP contribution in [0, 0.1) is 5.92 Å². The van der Waals surface area contributed by atoms with Gasteiger partial charge in [-0.2, -0.15) is 0 Å². The second-order valence-corrected chi connectivity index (χ2v) is 6.14. The molecular formula is C16H20BrNO. The van der Waals surface area contributed by atoms with Crippen LogP contribution in [0.4, 0.5) is 0 Å². The number of hydrogen-bond acceptors (Lipinski definition) is 1. The van der Waals surface area contributed by atoms with Gasteiger partial charge in [0.15, 0.2) is 0 Å². The van der Waals surface area contributed by atoms with Crippen LogP contribution in [0.5, 0.6) is 0 Å².